The molecule has 0 unspecified atom stereocenters. The third-order valence-electron chi connectivity index (χ3n) is 5.58. The quantitative estimate of drug-likeness (QED) is 0.512. The Balaban J connectivity index is 1.54. The predicted octanol–water partition coefficient (Wildman–Crippen LogP) is 3.91. The van der Waals surface area contributed by atoms with Gasteiger partial charge in [0, 0.05) is 24.7 Å². The van der Waals surface area contributed by atoms with Crippen molar-refractivity contribution >= 4 is 34.6 Å². The van der Waals surface area contributed by atoms with Crippen LogP contribution in [0.5, 0.6) is 11.5 Å². The van der Waals surface area contributed by atoms with Crippen molar-refractivity contribution in [2.45, 2.75) is 12.5 Å². The number of amides is 2. The molecule has 2 amide bonds. The van der Waals surface area contributed by atoms with Gasteiger partial charge in [0.2, 0.25) is 0 Å². The Hall–Kier alpha value is -3.85. The minimum absolute atomic E-state index is 0.0599. The lowest BCUT2D eigenvalue weighted by atomic mass is 10.0. The Labute approximate surface area is 202 Å². The van der Waals surface area contributed by atoms with Crippen LogP contribution in [0.3, 0.4) is 0 Å². The van der Waals surface area contributed by atoms with Crippen molar-refractivity contribution in [3.63, 3.8) is 0 Å². The number of carbonyl (C=O) groups is 2. The highest BCUT2D eigenvalue weighted by Crippen LogP contribution is 2.37. The van der Waals surface area contributed by atoms with Gasteiger partial charge in [-0.15, -0.1) is 11.3 Å². The third-order valence-corrected chi connectivity index (χ3v) is 6.50. The number of methoxy groups -OCH3 is 2. The zero-order valence-electron chi connectivity index (χ0n) is 19.2. The second kappa shape index (κ2) is 10.4. The molecule has 2 aromatic carbocycles. The number of anilines is 1. The van der Waals surface area contributed by atoms with Crippen LogP contribution in [-0.4, -0.2) is 50.3 Å². The second-order valence-electron chi connectivity index (χ2n) is 7.61. The molecule has 8 nitrogen and oxygen atoms in total. The molecule has 0 saturated heterocycles. The highest BCUT2D eigenvalue weighted by Gasteiger charge is 2.33. The Bertz CT molecular complexity index is 1190. The SMILES string of the molecule is CNC(=O)c1ccc(NCC(=O)N2N=C(c3cccs3)C[C@@H]2c2ccc(OC)c(OC)c2)cc1. The van der Waals surface area contributed by atoms with E-state index >= 15 is 0 Å². The van der Waals surface area contributed by atoms with Gasteiger partial charge in [-0.3, -0.25) is 9.59 Å². The van der Waals surface area contributed by atoms with Crippen molar-refractivity contribution in [2.24, 2.45) is 5.10 Å². The molecule has 1 aliphatic rings. The summed E-state index contributed by atoms with van der Waals surface area (Å²) in [5.74, 6) is 0.907. The zero-order chi connectivity index (χ0) is 24.1. The van der Waals surface area contributed by atoms with Crippen LogP contribution < -0.4 is 20.1 Å². The molecule has 0 spiro atoms. The van der Waals surface area contributed by atoms with Crippen molar-refractivity contribution in [1.82, 2.24) is 10.3 Å². The molecule has 2 N–H and O–H groups in total. The summed E-state index contributed by atoms with van der Waals surface area (Å²) in [6.45, 7) is 0.0599. The lowest BCUT2D eigenvalue weighted by Gasteiger charge is -2.23. The molecule has 0 aliphatic carbocycles. The van der Waals surface area contributed by atoms with Crippen molar-refractivity contribution in [3.05, 3.63) is 76.0 Å². The van der Waals surface area contributed by atoms with Crippen LogP contribution in [0.25, 0.3) is 0 Å². The summed E-state index contributed by atoms with van der Waals surface area (Å²) >= 11 is 1.60. The van der Waals surface area contributed by atoms with Crippen molar-refractivity contribution in [1.29, 1.82) is 0 Å². The molecule has 0 fully saturated rings. The summed E-state index contributed by atoms with van der Waals surface area (Å²) < 4.78 is 10.8. The van der Waals surface area contributed by atoms with E-state index in [9.17, 15) is 9.59 Å². The predicted molar refractivity (Wildman–Crippen MR) is 133 cm³/mol. The van der Waals surface area contributed by atoms with E-state index in [0.717, 1.165) is 21.8 Å². The van der Waals surface area contributed by atoms with Crippen molar-refractivity contribution in [3.8, 4) is 11.5 Å². The molecule has 176 valence electrons. The smallest absolute Gasteiger partial charge is 0.262 e. The minimum Gasteiger partial charge on any atom is -0.493 e. The van der Waals surface area contributed by atoms with E-state index in [-0.39, 0.29) is 24.4 Å². The molecule has 0 bridgehead atoms. The summed E-state index contributed by atoms with van der Waals surface area (Å²) in [6, 6.07) is 16.3. The maximum atomic E-state index is 13.3. The number of ether oxygens (including phenoxy) is 2. The fourth-order valence-corrected chi connectivity index (χ4v) is 4.52. The van der Waals surface area contributed by atoms with Crippen LogP contribution in [0.15, 0.2) is 65.1 Å². The molecule has 3 aromatic rings. The third kappa shape index (κ3) is 4.89. The van der Waals surface area contributed by atoms with Gasteiger partial charge >= 0.3 is 0 Å². The Morgan fingerprint density at radius 1 is 1.09 bits per heavy atom. The topological polar surface area (TPSA) is 92.3 Å². The van der Waals surface area contributed by atoms with E-state index < -0.39 is 0 Å². The van der Waals surface area contributed by atoms with Gasteiger partial charge in [-0.25, -0.2) is 5.01 Å². The molecular formula is C25H26N4O4S. The van der Waals surface area contributed by atoms with Gasteiger partial charge in [0.15, 0.2) is 11.5 Å². The van der Waals surface area contributed by atoms with Crippen LogP contribution in [-0.2, 0) is 4.79 Å². The number of thiophene rings is 1. The normalized spacial score (nSPS) is 15.0. The van der Waals surface area contributed by atoms with Gasteiger partial charge in [-0.05, 0) is 53.4 Å². The molecule has 34 heavy (non-hydrogen) atoms. The van der Waals surface area contributed by atoms with Crippen molar-refractivity contribution < 1.29 is 19.1 Å². The van der Waals surface area contributed by atoms with Gasteiger partial charge in [-0.2, -0.15) is 5.10 Å². The van der Waals surface area contributed by atoms with Crippen LogP contribution in [0.1, 0.15) is 33.3 Å². The summed E-state index contributed by atoms with van der Waals surface area (Å²) in [5, 5.41) is 14.0. The lowest BCUT2D eigenvalue weighted by molar-refractivity contribution is -0.131. The molecule has 0 saturated carbocycles. The average Bonchev–Trinajstić information content (AvgIpc) is 3.57. The molecule has 4 rings (SSSR count). The number of hydrogen-bond acceptors (Lipinski definition) is 7. The van der Waals surface area contributed by atoms with Crippen LogP contribution >= 0.6 is 11.3 Å². The summed E-state index contributed by atoms with van der Waals surface area (Å²) in [4.78, 5) is 26.0. The summed E-state index contributed by atoms with van der Waals surface area (Å²) in [5.41, 5.74) is 3.08. The van der Waals surface area contributed by atoms with Crippen LogP contribution in [0, 0.1) is 0 Å². The fourth-order valence-electron chi connectivity index (χ4n) is 3.79. The van der Waals surface area contributed by atoms with Crippen LogP contribution in [0.2, 0.25) is 0 Å². The first-order valence-electron chi connectivity index (χ1n) is 10.8. The first-order valence-corrected chi connectivity index (χ1v) is 11.6. The first-order chi connectivity index (χ1) is 16.5. The van der Waals surface area contributed by atoms with E-state index in [0.29, 0.717) is 23.5 Å². The Morgan fingerprint density at radius 3 is 2.50 bits per heavy atom. The van der Waals surface area contributed by atoms with E-state index in [2.05, 4.69) is 10.6 Å². The van der Waals surface area contributed by atoms with Gasteiger partial charge in [0.25, 0.3) is 11.8 Å². The zero-order valence-corrected chi connectivity index (χ0v) is 20.0. The molecule has 1 aliphatic heterocycles. The molecule has 9 heteroatoms. The number of nitrogens with one attached hydrogen (secondary N) is 2. The number of nitrogens with zero attached hydrogens (tertiary/aromatic N) is 2. The number of carbonyl (C=O) groups excluding carboxylic acids is 2. The standard InChI is InChI=1S/C25H26N4O4S/c1-26-25(31)16-6-9-18(10-7-16)27-15-24(30)29-20(14-19(28-29)23-5-4-12-34-23)17-8-11-21(32-2)22(13-17)33-3/h4-13,20,27H,14-15H2,1-3H3,(H,26,31)/t20-/m1/s1. The second-order valence-corrected chi connectivity index (χ2v) is 8.55. The van der Waals surface area contributed by atoms with Crippen molar-refractivity contribution in [2.75, 3.05) is 33.1 Å². The van der Waals surface area contributed by atoms with Gasteiger partial charge < -0.3 is 20.1 Å². The van der Waals surface area contributed by atoms with E-state index in [1.807, 2.05) is 35.7 Å². The highest BCUT2D eigenvalue weighted by atomic mass is 32.1. The lowest BCUT2D eigenvalue weighted by Crippen LogP contribution is -2.32. The average molecular weight is 479 g/mol. The Morgan fingerprint density at radius 2 is 1.85 bits per heavy atom. The molecule has 0 radical (unpaired) electrons. The largest absolute Gasteiger partial charge is 0.493 e. The van der Waals surface area contributed by atoms with E-state index in [4.69, 9.17) is 14.6 Å². The maximum Gasteiger partial charge on any atom is 0.262 e. The van der Waals surface area contributed by atoms with Gasteiger partial charge in [0.05, 0.1) is 37.4 Å². The summed E-state index contributed by atoms with van der Waals surface area (Å²) in [6.07, 6.45) is 0.600. The molecular weight excluding hydrogens is 452 g/mol. The fraction of sp³-hybridized carbons (Fsp3) is 0.240. The van der Waals surface area contributed by atoms with Crippen LogP contribution in [0.4, 0.5) is 5.69 Å². The Kier molecular flexibility index (Phi) is 7.12. The van der Waals surface area contributed by atoms with E-state index in [1.54, 1.807) is 61.9 Å². The number of rotatable bonds is 8. The highest BCUT2D eigenvalue weighted by molar-refractivity contribution is 7.12. The summed E-state index contributed by atoms with van der Waals surface area (Å²) in [7, 11) is 4.77. The number of benzene rings is 2. The monoisotopic (exact) mass is 478 g/mol. The van der Waals surface area contributed by atoms with Gasteiger partial charge in [0.1, 0.15) is 0 Å². The number of hydrazone groups is 1. The minimum atomic E-state index is -0.262. The molecule has 2 heterocycles. The first kappa shape index (κ1) is 23.3. The molecule has 1 aromatic heterocycles. The molecule has 1 atom stereocenters. The number of hydrogen-bond donors (Lipinski definition) is 2. The van der Waals surface area contributed by atoms with Gasteiger partial charge in [-0.1, -0.05) is 12.1 Å². The van der Waals surface area contributed by atoms with E-state index in [1.165, 1.54) is 0 Å². The maximum absolute atomic E-state index is 13.3.